The molecule has 0 radical (unpaired) electrons. The smallest absolute Gasteiger partial charge is 0.416 e. The Labute approximate surface area is 249 Å². The molecule has 2 fully saturated rings. The molecule has 0 N–H and O–H groups in total. The number of likely N-dealkylation sites (tertiary alicyclic amines) is 2. The molecular weight excluding hydrogens is 599 g/mol. The van der Waals surface area contributed by atoms with E-state index in [1.165, 1.54) is 44.2 Å². The molecule has 2 aliphatic rings. The van der Waals surface area contributed by atoms with Gasteiger partial charge in [-0.2, -0.15) is 26.3 Å². The minimum atomic E-state index is -5.04. The maximum atomic E-state index is 14.0. The van der Waals surface area contributed by atoms with Gasteiger partial charge in [0.15, 0.2) is 0 Å². The molecule has 0 unspecified atom stereocenters. The van der Waals surface area contributed by atoms with E-state index in [2.05, 4.69) is 4.74 Å². The van der Waals surface area contributed by atoms with Crippen molar-refractivity contribution < 1.29 is 49.9 Å². The van der Waals surface area contributed by atoms with Crippen LogP contribution >= 0.6 is 0 Å². The molecule has 0 saturated carbocycles. The van der Waals surface area contributed by atoms with E-state index in [0.717, 1.165) is 4.90 Å². The van der Waals surface area contributed by atoms with Gasteiger partial charge in [0.1, 0.15) is 5.82 Å². The molecule has 0 aliphatic carbocycles. The molecular formula is C30H32F7N3O4. The van der Waals surface area contributed by atoms with Gasteiger partial charge in [-0.25, -0.2) is 9.18 Å². The average molecular weight is 632 g/mol. The van der Waals surface area contributed by atoms with Gasteiger partial charge in [-0.1, -0.05) is 6.07 Å². The lowest BCUT2D eigenvalue weighted by molar-refractivity contribution is -0.147. The summed E-state index contributed by atoms with van der Waals surface area (Å²) in [5.41, 5.74) is -2.20. The standard InChI is InChI=1S/C30H32F7N3O4/c1-16-9-22(31)5-6-23(16)25-15-39(26(41)19-13-40(14-19)28(43)44-4)8-7-24(25)27(42)38(3)17(2)18-10-20(29(32,33)34)12-21(11-18)30(35,36)37/h5-6,9-12,17,19,24-25H,7-8,13-15H2,1-4H3/t17-,24+,25-/m1/s1. The van der Waals surface area contributed by atoms with E-state index in [-0.39, 0.29) is 50.1 Å². The number of carbonyl (C=O) groups is 3. The van der Waals surface area contributed by atoms with Crippen LogP contribution in [0, 0.1) is 24.6 Å². The Kier molecular flexibility index (Phi) is 9.22. The largest absolute Gasteiger partial charge is 0.453 e. The van der Waals surface area contributed by atoms with E-state index in [4.69, 9.17) is 0 Å². The quantitative estimate of drug-likeness (QED) is 0.379. The number of rotatable bonds is 5. The molecule has 7 nitrogen and oxygen atoms in total. The Morgan fingerprint density at radius 1 is 0.932 bits per heavy atom. The number of piperidine rings is 1. The van der Waals surface area contributed by atoms with Crippen molar-refractivity contribution in [3.63, 3.8) is 0 Å². The third-order valence-electron chi connectivity index (χ3n) is 8.56. The first-order chi connectivity index (χ1) is 20.4. The molecule has 0 bridgehead atoms. The van der Waals surface area contributed by atoms with E-state index >= 15 is 0 Å². The van der Waals surface area contributed by atoms with Crippen molar-refractivity contribution in [1.82, 2.24) is 14.7 Å². The third-order valence-corrected chi connectivity index (χ3v) is 8.56. The molecule has 240 valence electrons. The number of hydrogen-bond donors (Lipinski definition) is 0. The number of methoxy groups -OCH3 is 1. The molecule has 3 atom stereocenters. The van der Waals surface area contributed by atoms with E-state index in [1.807, 2.05) is 0 Å². The normalized spacial score (nSPS) is 20.2. The predicted molar refractivity (Wildman–Crippen MR) is 144 cm³/mol. The van der Waals surface area contributed by atoms with E-state index in [0.29, 0.717) is 23.3 Å². The topological polar surface area (TPSA) is 70.2 Å². The summed E-state index contributed by atoms with van der Waals surface area (Å²) in [4.78, 5) is 43.0. The van der Waals surface area contributed by atoms with Crippen molar-refractivity contribution in [2.24, 2.45) is 11.8 Å². The highest BCUT2D eigenvalue weighted by Gasteiger charge is 2.44. The summed E-state index contributed by atoms with van der Waals surface area (Å²) in [6.07, 6.45) is -10.5. The minimum Gasteiger partial charge on any atom is -0.453 e. The zero-order valence-corrected chi connectivity index (χ0v) is 24.4. The molecule has 2 saturated heterocycles. The Bertz CT molecular complexity index is 1390. The van der Waals surface area contributed by atoms with Crippen molar-refractivity contribution >= 4 is 17.9 Å². The average Bonchev–Trinajstić information content (AvgIpc) is 2.93. The van der Waals surface area contributed by atoms with Crippen LogP contribution in [0.25, 0.3) is 0 Å². The molecule has 14 heteroatoms. The Morgan fingerprint density at radius 3 is 2.05 bits per heavy atom. The molecule has 2 aromatic carbocycles. The fourth-order valence-corrected chi connectivity index (χ4v) is 5.89. The first-order valence-electron chi connectivity index (χ1n) is 13.9. The SMILES string of the molecule is COC(=O)N1CC(C(=O)N2CC[C@H](C(=O)N(C)[C@H](C)c3cc(C(F)(F)F)cc(C(F)(F)F)c3)[C@@H](c3ccc(F)cc3C)C2)C1. The van der Waals surface area contributed by atoms with Crippen molar-refractivity contribution in [3.05, 3.63) is 70.0 Å². The molecule has 3 amide bonds. The van der Waals surface area contributed by atoms with Crippen LogP contribution in [-0.4, -0.2) is 72.9 Å². The van der Waals surface area contributed by atoms with Gasteiger partial charge in [0, 0.05) is 45.1 Å². The maximum absolute atomic E-state index is 14.0. The van der Waals surface area contributed by atoms with E-state index in [9.17, 15) is 45.1 Å². The summed E-state index contributed by atoms with van der Waals surface area (Å²) in [7, 11) is 2.54. The lowest BCUT2D eigenvalue weighted by Gasteiger charge is -2.44. The first kappa shape index (κ1) is 33.1. The van der Waals surface area contributed by atoms with Crippen LogP contribution in [0.1, 0.15) is 53.1 Å². The van der Waals surface area contributed by atoms with Gasteiger partial charge >= 0.3 is 18.4 Å². The number of amides is 3. The highest BCUT2D eigenvalue weighted by molar-refractivity contribution is 5.84. The van der Waals surface area contributed by atoms with Crippen LogP contribution in [0.15, 0.2) is 36.4 Å². The monoisotopic (exact) mass is 631 g/mol. The van der Waals surface area contributed by atoms with Gasteiger partial charge in [-0.3, -0.25) is 9.59 Å². The van der Waals surface area contributed by atoms with Crippen molar-refractivity contribution in [3.8, 4) is 0 Å². The second kappa shape index (κ2) is 12.3. The number of hydrogen-bond acceptors (Lipinski definition) is 4. The summed E-state index contributed by atoms with van der Waals surface area (Å²) in [6, 6.07) is 4.08. The number of carbonyl (C=O) groups excluding carboxylic acids is 3. The fraction of sp³-hybridized carbons (Fsp3) is 0.500. The molecule has 0 spiro atoms. The molecule has 44 heavy (non-hydrogen) atoms. The predicted octanol–water partition coefficient (Wildman–Crippen LogP) is 6.02. The summed E-state index contributed by atoms with van der Waals surface area (Å²) < 4.78 is 99.6. The lowest BCUT2D eigenvalue weighted by atomic mass is 9.77. The number of aryl methyl sites for hydroxylation is 1. The van der Waals surface area contributed by atoms with Crippen LogP contribution in [0.4, 0.5) is 35.5 Å². The summed E-state index contributed by atoms with van der Waals surface area (Å²) in [6.45, 7) is 3.55. The zero-order valence-electron chi connectivity index (χ0n) is 24.4. The molecule has 2 aliphatic heterocycles. The highest BCUT2D eigenvalue weighted by Crippen LogP contribution is 2.40. The van der Waals surface area contributed by atoms with E-state index < -0.39 is 65.1 Å². The van der Waals surface area contributed by atoms with Crippen molar-refractivity contribution in [2.75, 3.05) is 40.3 Å². The lowest BCUT2D eigenvalue weighted by Crippen LogP contribution is -2.58. The second-order valence-corrected chi connectivity index (χ2v) is 11.3. The Morgan fingerprint density at radius 2 is 1.52 bits per heavy atom. The number of ether oxygens (including phenoxy) is 1. The summed E-state index contributed by atoms with van der Waals surface area (Å²) in [5.74, 6) is -3.19. The van der Waals surface area contributed by atoms with Gasteiger partial charge < -0.3 is 19.4 Å². The Balaban J connectivity index is 1.61. The van der Waals surface area contributed by atoms with Crippen LogP contribution in [-0.2, 0) is 26.7 Å². The molecule has 4 rings (SSSR count). The highest BCUT2D eigenvalue weighted by atomic mass is 19.4. The molecule has 0 aromatic heterocycles. The Hall–Kier alpha value is -3.84. The minimum absolute atomic E-state index is 0.0324. The summed E-state index contributed by atoms with van der Waals surface area (Å²) in [5, 5.41) is 0. The van der Waals surface area contributed by atoms with Crippen LogP contribution in [0.2, 0.25) is 0 Å². The van der Waals surface area contributed by atoms with Gasteiger partial charge in [-0.15, -0.1) is 0 Å². The van der Waals surface area contributed by atoms with Crippen LogP contribution in [0.5, 0.6) is 0 Å². The number of nitrogens with zero attached hydrogens (tertiary/aromatic N) is 3. The third kappa shape index (κ3) is 6.78. The number of benzene rings is 2. The van der Waals surface area contributed by atoms with Crippen molar-refractivity contribution in [1.29, 1.82) is 0 Å². The maximum Gasteiger partial charge on any atom is 0.416 e. The van der Waals surface area contributed by atoms with Crippen LogP contribution < -0.4 is 0 Å². The first-order valence-corrected chi connectivity index (χ1v) is 13.9. The summed E-state index contributed by atoms with van der Waals surface area (Å²) >= 11 is 0. The van der Waals surface area contributed by atoms with Gasteiger partial charge in [-0.05, 0) is 67.3 Å². The van der Waals surface area contributed by atoms with Gasteiger partial charge in [0.25, 0.3) is 0 Å². The fourth-order valence-electron chi connectivity index (χ4n) is 5.89. The van der Waals surface area contributed by atoms with Gasteiger partial charge in [0.05, 0.1) is 30.2 Å². The molecule has 2 heterocycles. The van der Waals surface area contributed by atoms with Gasteiger partial charge in [0.2, 0.25) is 11.8 Å². The van der Waals surface area contributed by atoms with E-state index in [1.54, 1.807) is 11.8 Å². The van der Waals surface area contributed by atoms with Crippen molar-refractivity contribution in [2.45, 2.75) is 44.6 Å². The van der Waals surface area contributed by atoms with Crippen LogP contribution in [0.3, 0.4) is 0 Å². The molecule has 2 aromatic rings. The zero-order chi connectivity index (χ0) is 32.7. The number of halogens is 7. The number of alkyl halides is 6. The second-order valence-electron chi connectivity index (χ2n) is 11.3.